The SMILES string of the molecule is CCOc1nn(C2CCN(C(=O)NC(CC)CCOC)CC2)c2ccc(CC)cc12. The van der Waals surface area contributed by atoms with Crippen LogP contribution in [0.15, 0.2) is 18.2 Å². The molecule has 7 nitrogen and oxygen atoms in total. The second-order valence-corrected chi connectivity index (χ2v) is 7.94. The number of benzene rings is 1. The average molecular weight is 417 g/mol. The maximum atomic E-state index is 12.7. The highest BCUT2D eigenvalue weighted by atomic mass is 16.5. The van der Waals surface area contributed by atoms with Crippen LogP contribution in [0.4, 0.5) is 4.79 Å². The number of hydrogen-bond acceptors (Lipinski definition) is 4. The molecule has 0 saturated carbocycles. The first-order chi connectivity index (χ1) is 14.6. The van der Waals surface area contributed by atoms with Gasteiger partial charge >= 0.3 is 6.03 Å². The highest BCUT2D eigenvalue weighted by Gasteiger charge is 2.27. The van der Waals surface area contributed by atoms with Crippen molar-refractivity contribution in [1.82, 2.24) is 20.0 Å². The molecule has 1 aliphatic heterocycles. The number of urea groups is 1. The van der Waals surface area contributed by atoms with Crippen molar-refractivity contribution in [2.45, 2.75) is 65.0 Å². The lowest BCUT2D eigenvalue weighted by Gasteiger charge is -2.33. The van der Waals surface area contributed by atoms with Crippen molar-refractivity contribution in [1.29, 1.82) is 0 Å². The molecular formula is C23H36N4O3. The fraction of sp³-hybridized carbons (Fsp3) is 0.652. The average Bonchev–Trinajstić information content (AvgIpc) is 3.14. The highest BCUT2D eigenvalue weighted by Crippen LogP contribution is 2.32. The molecule has 0 spiro atoms. The predicted molar refractivity (Wildman–Crippen MR) is 119 cm³/mol. The third-order valence-electron chi connectivity index (χ3n) is 6.01. The molecule has 1 aromatic heterocycles. The van der Waals surface area contributed by atoms with Gasteiger partial charge in [0, 0.05) is 32.8 Å². The second-order valence-electron chi connectivity index (χ2n) is 7.94. The number of hydrogen-bond donors (Lipinski definition) is 1. The van der Waals surface area contributed by atoms with Crippen LogP contribution in [0.3, 0.4) is 0 Å². The minimum absolute atomic E-state index is 0.0318. The Kier molecular flexibility index (Phi) is 7.96. The Hall–Kier alpha value is -2.28. The summed E-state index contributed by atoms with van der Waals surface area (Å²) >= 11 is 0. The Bertz CT molecular complexity index is 827. The number of carbonyl (C=O) groups is 1. The van der Waals surface area contributed by atoms with Gasteiger partial charge in [0.1, 0.15) is 0 Å². The predicted octanol–water partition coefficient (Wildman–Crippen LogP) is 4.16. The first kappa shape index (κ1) is 22.4. The van der Waals surface area contributed by atoms with Crippen molar-refractivity contribution in [3.05, 3.63) is 23.8 Å². The van der Waals surface area contributed by atoms with Crippen molar-refractivity contribution in [2.24, 2.45) is 0 Å². The number of ether oxygens (including phenoxy) is 2. The third kappa shape index (κ3) is 5.06. The standard InChI is InChI=1S/C23H36N4O3/c1-5-17-8-9-21-20(16-17)22(30-7-3)25-27(21)19-10-13-26(14-11-19)23(28)24-18(6-2)12-15-29-4/h8-9,16,18-19H,5-7,10-15H2,1-4H3,(H,24,28). The maximum absolute atomic E-state index is 12.7. The number of aromatic nitrogens is 2. The zero-order chi connectivity index (χ0) is 21.5. The summed E-state index contributed by atoms with van der Waals surface area (Å²) in [5.41, 5.74) is 2.40. The number of amides is 2. The molecule has 1 unspecified atom stereocenters. The van der Waals surface area contributed by atoms with E-state index in [2.05, 4.69) is 42.0 Å². The molecule has 1 aliphatic rings. The van der Waals surface area contributed by atoms with Gasteiger partial charge in [0.05, 0.1) is 23.6 Å². The van der Waals surface area contributed by atoms with Gasteiger partial charge in [0.25, 0.3) is 0 Å². The van der Waals surface area contributed by atoms with Crippen molar-refractivity contribution in [2.75, 3.05) is 33.4 Å². The van der Waals surface area contributed by atoms with E-state index in [1.165, 1.54) is 5.56 Å². The molecule has 166 valence electrons. The van der Waals surface area contributed by atoms with Gasteiger partial charge in [-0.2, -0.15) is 0 Å². The first-order valence-corrected chi connectivity index (χ1v) is 11.3. The van der Waals surface area contributed by atoms with Gasteiger partial charge in [-0.25, -0.2) is 4.79 Å². The molecule has 7 heteroatoms. The minimum Gasteiger partial charge on any atom is -0.476 e. The number of fused-ring (bicyclic) bond motifs is 1. The lowest BCUT2D eigenvalue weighted by Crippen LogP contribution is -2.48. The van der Waals surface area contributed by atoms with Crippen LogP contribution < -0.4 is 10.1 Å². The summed E-state index contributed by atoms with van der Waals surface area (Å²) in [6, 6.07) is 6.98. The summed E-state index contributed by atoms with van der Waals surface area (Å²) in [5, 5.41) is 9.04. The van der Waals surface area contributed by atoms with Gasteiger partial charge < -0.3 is 19.7 Å². The number of nitrogens with one attached hydrogen (secondary N) is 1. The number of carbonyl (C=O) groups excluding carboxylic acids is 1. The lowest BCUT2D eigenvalue weighted by atomic mass is 10.0. The van der Waals surface area contributed by atoms with Gasteiger partial charge in [-0.15, -0.1) is 5.10 Å². The van der Waals surface area contributed by atoms with Crippen molar-refractivity contribution in [3.63, 3.8) is 0 Å². The third-order valence-corrected chi connectivity index (χ3v) is 6.01. The van der Waals surface area contributed by atoms with E-state index >= 15 is 0 Å². The normalized spacial score (nSPS) is 16.1. The number of nitrogens with zero attached hydrogens (tertiary/aromatic N) is 3. The Morgan fingerprint density at radius 1 is 1.27 bits per heavy atom. The molecule has 3 rings (SSSR count). The van der Waals surface area contributed by atoms with Crippen LogP contribution in [0.5, 0.6) is 5.88 Å². The summed E-state index contributed by atoms with van der Waals surface area (Å²) in [7, 11) is 1.69. The van der Waals surface area contributed by atoms with Crippen molar-refractivity contribution in [3.8, 4) is 5.88 Å². The first-order valence-electron chi connectivity index (χ1n) is 11.3. The Morgan fingerprint density at radius 3 is 2.67 bits per heavy atom. The van der Waals surface area contributed by atoms with Gasteiger partial charge in [-0.3, -0.25) is 4.68 Å². The zero-order valence-corrected chi connectivity index (χ0v) is 18.8. The minimum atomic E-state index is 0.0318. The fourth-order valence-corrected chi connectivity index (χ4v) is 4.12. The smallest absolute Gasteiger partial charge is 0.317 e. The quantitative estimate of drug-likeness (QED) is 0.666. The van der Waals surface area contributed by atoms with E-state index in [1.807, 2.05) is 11.8 Å². The van der Waals surface area contributed by atoms with Crippen LogP contribution in [0.1, 0.15) is 58.1 Å². The Labute approximate surface area is 179 Å². The lowest BCUT2D eigenvalue weighted by molar-refractivity contribution is 0.156. The van der Waals surface area contributed by atoms with Crippen molar-refractivity contribution < 1.29 is 14.3 Å². The van der Waals surface area contributed by atoms with E-state index < -0.39 is 0 Å². The second kappa shape index (κ2) is 10.7. The van der Waals surface area contributed by atoms with E-state index in [-0.39, 0.29) is 18.1 Å². The van der Waals surface area contributed by atoms with Crippen LogP contribution in [0.25, 0.3) is 10.9 Å². The largest absolute Gasteiger partial charge is 0.476 e. The molecule has 30 heavy (non-hydrogen) atoms. The Morgan fingerprint density at radius 2 is 2.03 bits per heavy atom. The van der Waals surface area contributed by atoms with Crippen molar-refractivity contribution >= 4 is 16.9 Å². The highest BCUT2D eigenvalue weighted by molar-refractivity contribution is 5.85. The zero-order valence-electron chi connectivity index (χ0n) is 18.8. The molecule has 2 heterocycles. The molecule has 1 N–H and O–H groups in total. The van der Waals surface area contributed by atoms with Crippen LogP contribution in [-0.4, -0.2) is 60.2 Å². The van der Waals surface area contributed by atoms with Crippen LogP contribution in [-0.2, 0) is 11.2 Å². The summed E-state index contributed by atoms with van der Waals surface area (Å²) in [6.45, 7) is 8.96. The van der Waals surface area contributed by atoms with Crippen LogP contribution in [0, 0.1) is 0 Å². The summed E-state index contributed by atoms with van der Waals surface area (Å²) in [5.74, 6) is 0.715. The number of rotatable bonds is 9. The molecule has 2 aromatic rings. The van der Waals surface area contributed by atoms with E-state index in [9.17, 15) is 4.79 Å². The molecule has 0 aliphatic carbocycles. The molecule has 1 saturated heterocycles. The van der Waals surface area contributed by atoms with E-state index in [0.717, 1.165) is 56.1 Å². The molecule has 1 fully saturated rings. The number of piperidine rings is 1. The molecule has 1 atom stereocenters. The van der Waals surface area contributed by atoms with Gasteiger partial charge in [-0.05, 0) is 56.7 Å². The van der Waals surface area contributed by atoms with Crippen LogP contribution in [0.2, 0.25) is 0 Å². The van der Waals surface area contributed by atoms with Gasteiger partial charge in [0.15, 0.2) is 0 Å². The van der Waals surface area contributed by atoms with Gasteiger partial charge in [-0.1, -0.05) is 19.9 Å². The maximum Gasteiger partial charge on any atom is 0.317 e. The van der Waals surface area contributed by atoms with E-state index in [4.69, 9.17) is 14.6 Å². The summed E-state index contributed by atoms with van der Waals surface area (Å²) in [6.07, 6.45) is 4.52. The summed E-state index contributed by atoms with van der Waals surface area (Å²) < 4.78 is 13.1. The molecule has 2 amide bonds. The van der Waals surface area contributed by atoms with Crippen LogP contribution >= 0.6 is 0 Å². The Balaban J connectivity index is 1.67. The van der Waals surface area contributed by atoms with E-state index in [0.29, 0.717) is 19.1 Å². The molecule has 0 bridgehead atoms. The number of likely N-dealkylation sites (tertiary alicyclic amines) is 1. The fourth-order valence-electron chi connectivity index (χ4n) is 4.12. The number of methoxy groups -OCH3 is 1. The molecular weight excluding hydrogens is 380 g/mol. The number of aryl methyl sites for hydroxylation is 1. The topological polar surface area (TPSA) is 68.6 Å². The molecule has 0 radical (unpaired) electrons. The van der Waals surface area contributed by atoms with Gasteiger partial charge in [0.2, 0.25) is 5.88 Å². The van der Waals surface area contributed by atoms with E-state index in [1.54, 1.807) is 7.11 Å². The summed E-state index contributed by atoms with van der Waals surface area (Å²) in [4.78, 5) is 14.6. The monoisotopic (exact) mass is 416 g/mol. The molecule has 1 aromatic carbocycles.